The maximum absolute atomic E-state index is 12.7. The molecular formula is C34H46F3N7O3. The highest BCUT2D eigenvalue weighted by Crippen LogP contribution is 2.37. The maximum Gasteiger partial charge on any atom is 0.410 e. The number of aliphatic hydroxyl groups is 1. The van der Waals surface area contributed by atoms with Gasteiger partial charge in [0.05, 0.1) is 12.5 Å². The molecule has 13 heteroatoms. The number of amides is 1. The molecule has 1 aliphatic carbocycles. The Morgan fingerprint density at radius 1 is 1.00 bits per heavy atom. The second-order valence-electron chi connectivity index (χ2n) is 14.2. The highest BCUT2D eigenvalue weighted by molar-refractivity contribution is 5.94. The molecule has 0 spiro atoms. The fraction of sp³-hybridized carbons (Fsp3) is 0.618. The van der Waals surface area contributed by atoms with E-state index in [2.05, 4.69) is 60.1 Å². The van der Waals surface area contributed by atoms with Crippen LogP contribution in [0, 0.1) is 0 Å². The minimum atomic E-state index is -4.25. The first-order chi connectivity index (χ1) is 22.3. The van der Waals surface area contributed by atoms with E-state index in [0.29, 0.717) is 24.5 Å². The maximum atomic E-state index is 12.7. The lowest BCUT2D eigenvalue weighted by atomic mass is 9.93. The van der Waals surface area contributed by atoms with Crippen molar-refractivity contribution in [1.29, 1.82) is 0 Å². The van der Waals surface area contributed by atoms with Gasteiger partial charge in [0.15, 0.2) is 0 Å². The molecular weight excluding hydrogens is 611 g/mol. The number of likely N-dealkylation sites (tertiary alicyclic amines) is 1. The lowest BCUT2D eigenvalue weighted by Gasteiger charge is -2.48. The quantitative estimate of drug-likeness (QED) is 0.320. The zero-order valence-corrected chi connectivity index (χ0v) is 27.5. The van der Waals surface area contributed by atoms with Crippen LogP contribution in [-0.2, 0) is 11.3 Å². The Bertz CT molecular complexity index is 1520. The Morgan fingerprint density at radius 2 is 1.68 bits per heavy atom. The number of rotatable bonds is 8. The number of carbonyl (C=O) groups is 1. The largest absolute Gasteiger partial charge is 0.444 e. The van der Waals surface area contributed by atoms with Crippen LogP contribution in [0.4, 0.5) is 23.9 Å². The summed E-state index contributed by atoms with van der Waals surface area (Å²) in [5.41, 5.74) is 3.44. The zero-order chi connectivity index (χ0) is 33.3. The van der Waals surface area contributed by atoms with Gasteiger partial charge in [0.1, 0.15) is 11.2 Å². The SMILES string of the molecule is CC(C)(C)OC(=O)N1CC(N2CCN(Cc3ccc(-c4cn([C@H]5CC[C@H](O)CC5)c5nc(NCCC(F)(F)F)ncc45)cc3)CC2)C1. The number of hydrogen-bond donors (Lipinski definition) is 2. The molecule has 2 aromatic heterocycles. The molecule has 10 nitrogen and oxygen atoms in total. The van der Waals surface area contributed by atoms with Crippen LogP contribution >= 0.6 is 0 Å². The summed E-state index contributed by atoms with van der Waals surface area (Å²) in [6.45, 7) is 11.5. The first kappa shape index (κ1) is 33.5. The summed E-state index contributed by atoms with van der Waals surface area (Å²) < 4.78 is 45.7. The molecule has 3 aliphatic rings. The van der Waals surface area contributed by atoms with Gasteiger partial charge in [-0.15, -0.1) is 0 Å². The van der Waals surface area contributed by atoms with E-state index in [1.807, 2.05) is 20.8 Å². The van der Waals surface area contributed by atoms with Gasteiger partial charge >= 0.3 is 12.3 Å². The fourth-order valence-electron chi connectivity index (χ4n) is 6.77. The fourth-order valence-corrected chi connectivity index (χ4v) is 6.77. The van der Waals surface area contributed by atoms with Crippen LogP contribution in [0.25, 0.3) is 22.2 Å². The number of piperazine rings is 1. The molecule has 1 saturated carbocycles. The molecule has 256 valence electrons. The van der Waals surface area contributed by atoms with Crippen LogP contribution in [0.5, 0.6) is 0 Å². The first-order valence-electron chi connectivity index (χ1n) is 16.7. The molecule has 4 heterocycles. The number of aliphatic hydroxyl groups excluding tert-OH is 1. The van der Waals surface area contributed by atoms with Gasteiger partial charge in [-0.25, -0.2) is 9.78 Å². The van der Waals surface area contributed by atoms with E-state index in [9.17, 15) is 23.1 Å². The number of alkyl halides is 3. The number of carbonyl (C=O) groups excluding carboxylic acids is 1. The summed E-state index contributed by atoms with van der Waals surface area (Å²) in [5.74, 6) is 0.177. The summed E-state index contributed by atoms with van der Waals surface area (Å²) in [6.07, 6.45) is 1.05. The normalized spacial score (nSPS) is 22.0. The molecule has 3 fully saturated rings. The molecule has 2 aliphatic heterocycles. The lowest BCUT2D eigenvalue weighted by molar-refractivity contribution is -0.131. The number of halogens is 3. The summed E-state index contributed by atoms with van der Waals surface area (Å²) in [6, 6.07) is 9.07. The molecule has 2 saturated heterocycles. The van der Waals surface area contributed by atoms with Gasteiger partial charge in [-0.3, -0.25) is 9.80 Å². The summed E-state index contributed by atoms with van der Waals surface area (Å²) in [7, 11) is 0. The van der Waals surface area contributed by atoms with E-state index in [-0.39, 0.29) is 30.7 Å². The predicted molar refractivity (Wildman–Crippen MR) is 174 cm³/mol. The number of nitrogens with zero attached hydrogens (tertiary/aromatic N) is 6. The molecule has 0 radical (unpaired) electrons. The van der Waals surface area contributed by atoms with Crippen LogP contribution < -0.4 is 5.32 Å². The minimum absolute atomic E-state index is 0.144. The number of fused-ring (bicyclic) bond motifs is 1. The van der Waals surface area contributed by atoms with Crippen molar-refractivity contribution in [3.05, 3.63) is 42.2 Å². The topological polar surface area (TPSA) is 99.0 Å². The Hall–Kier alpha value is -3.42. The number of anilines is 1. The molecule has 0 bridgehead atoms. The predicted octanol–water partition coefficient (Wildman–Crippen LogP) is 5.68. The van der Waals surface area contributed by atoms with Crippen LogP contribution in [0.2, 0.25) is 0 Å². The van der Waals surface area contributed by atoms with Crippen molar-refractivity contribution >= 4 is 23.1 Å². The van der Waals surface area contributed by atoms with Gasteiger partial charge in [0.25, 0.3) is 0 Å². The Labute approximate surface area is 273 Å². The number of nitrogens with one attached hydrogen (secondary N) is 1. The zero-order valence-electron chi connectivity index (χ0n) is 27.5. The Kier molecular flexibility index (Phi) is 9.69. The summed E-state index contributed by atoms with van der Waals surface area (Å²) >= 11 is 0. The third kappa shape index (κ3) is 8.36. The smallest absolute Gasteiger partial charge is 0.410 e. The monoisotopic (exact) mass is 657 g/mol. The molecule has 0 atom stereocenters. The van der Waals surface area contributed by atoms with Gasteiger partial charge in [-0.1, -0.05) is 24.3 Å². The van der Waals surface area contributed by atoms with E-state index in [1.54, 1.807) is 11.1 Å². The number of ether oxygens (including phenoxy) is 1. The van der Waals surface area contributed by atoms with E-state index in [1.165, 1.54) is 5.56 Å². The third-order valence-electron chi connectivity index (χ3n) is 9.43. The van der Waals surface area contributed by atoms with Crippen molar-refractivity contribution in [2.24, 2.45) is 0 Å². The van der Waals surface area contributed by atoms with Crippen LogP contribution in [0.15, 0.2) is 36.7 Å². The molecule has 1 amide bonds. The first-order valence-corrected chi connectivity index (χ1v) is 16.7. The van der Waals surface area contributed by atoms with E-state index in [4.69, 9.17) is 4.74 Å². The Morgan fingerprint density at radius 3 is 2.32 bits per heavy atom. The van der Waals surface area contributed by atoms with Crippen molar-refractivity contribution in [2.75, 3.05) is 51.1 Å². The molecule has 6 rings (SSSR count). The van der Waals surface area contributed by atoms with Crippen molar-refractivity contribution in [2.45, 2.75) is 89.4 Å². The van der Waals surface area contributed by atoms with Crippen LogP contribution in [-0.4, -0.2) is 110 Å². The number of hydrogen-bond acceptors (Lipinski definition) is 8. The van der Waals surface area contributed by atoms with Gasteiger partial charge in [0, 0.05) is 87.8 Å². The molecule has 47 heavy (non-hydrogen) atoms. The van der Waals surface area contributed by atoms with E-state index in [0.717, 1.165) is 75.2 Å². The van der Waals surface area contributed by atoms with Crippen molar-refractivity contribution < 1.29 is 27.8 Å². The van der Waals surface area contributed by atoms with Gasteiger partial charge in [-0.05, 0) is 57.6 Å². The standard InChI is InChI=1S/C34H46F3N7O3/c1-33(2,3)47-32(46)43-20-26(21-43)42-16-14-41(15-17-42)19-23-4-6-24(7-5-23)29-22-44(25-8-10-27(45)11-9-25)30-28(29)18-39-31(40-30)38-13-12-34(35,36)37/h4-7,18,22,25-27,45H,8-17,19-21H2,1-3H3,(H,38,39,40)/t25-,27-. The molecule has 0 unspecified atom stereocenters. The molecule has 2 N–H and O–H groups in total. The van der Waals surface area contributed by atoms with Gasteiger partial charge in [-0.2, -0.15) is 18.2 Å². The summed E-state index contributed by atoms with van der Waals surface area (Å²) in [5, 5.41) is 13.7. The third-order valence-corrected chi connectivity index (χ3v) is 9.43. The minimum Gasteiger partial charge on any atom is -0.444 e. The number of aromatic nitrogens is 3. The summed E-state index contributed by atoms with van der Waals surface area (Å²) in [4.78, 5) is 28.0. The van der Waals surface area contributed by atoms with Crippen molar-refractivity contribution in [3.63, 3.8) is 0 Å². The van der Waals surface area contributed by atoms with Crippen molar-refractivity contribution in [1.82, 2.24) is 29.2 Å². The second-order valence-corrected chi connectivity index (χ2v) is 14.2. The van der Waals surface area contributed by atoms with Crippen molar-refractivity contribution in [3.8, 4) is 11.1 Å². The van der Waals surface area contributed by atoms with Gasteiger partial charge < -0.3 is 24.6 Å². The highest BCUT2D eigenvalue weighted by atomic mass is 19.4. The van der Waals surface area contributed by atoms with Crippen LogP contribution in [0.3, 0.4) is 0 Å². The highest BCUT2D eigenvalue weighted by Gasteiger charge is 2.38. The van der Waals surface area contributed by atoms with E-state index >= 15 is 0 Å². The second kappa shape index (κ2) is 13.6. The van der Waals surface area contributed by atoms with Gasteiger partial charge in [0.2, 0.25) is 5.95 Å². The van der Waals surface area contributed by atoms with Crippen LogP contribution in [0.1, 0.15) is 64.5 Å². The Balaban J connectivity index is 1.08. The average molecular weight is 658 g/mol. The molecule has 1 aromatic carbocycles. The number of benzene rings is 1. The molecule has 3 aromatic rings. The van der Waals surface area contributed by atoms with E-state index < -0.39 is 18.2 Å². The lowest BCUT2D eigenvalue weighted by Crippen LogP contribution is -2.64. The average Bonchev–Trinajstić information content (AvgIpc) is 3.35.